The lowest BCUT2D eigenvalue weighted by Crippen LogP contribution is -2.29. The van der Waals surface area contributed by atoms with E-state index < -0.39 is 0 Å². The molecule has 0 spiro atoms. The van der Waals surface area contributed by atoms with Gasteiger partial charge in [-0.15, -0.1) is 0 Å². The van der Waals surface area contributed by atoms with Crippen LogP contribution in [-0.2, 0) is 10.2 Å². The van der Waals surface area contributed by atoms with Gasteiger partial charge in [0.25, 0.3) is 5.91 Å². The summed E-state index contributed by atoms with van der Waals surface area (Å²) in [6, 6.07) is 15.9. The van der Waals surface area contributed by atoms with Crippen LogP contribution < -0.4 is 5.32 Å². The second-order valence-electron chi connectivity index (χ2n) is 7.12. The fraction of sp³-hybridized carbons (Fsp3) is 0.381. The quantitative estimate of drug-likeness (QED) is 0.884. The van der Waals surface area contributed by atoms with Crippen LogP contribution in [0.25, 0.3) is 0 Å². The Morgan fingerprint density at radius 2 is 1.71 bits per heavy atom. The minimum absolute atomic E-state index is 0.0777. The van der Waals surface area contributed by atoms with Crippen LogP contribution in [0.1, 0.15) is 53.9 Å². The van der Waals surface area contributed by atoms with E-state index in [4.69, 9.17) is 4.74 Å². The number of hydrogen-bond donors (Lipinski definition) is 1. The maximum absolute atomic E-state index is 12.4. The van der Waals surface area contributed by atoms with Crippen LogP contribution >= 0.6 is 0 Å². The molecule has 0 bridgehead atoms. The molecule has 1 N–H and O–H groups in total. The number of carbonyl (C=O) groups excluding carboxylic acids is 1. The average molecular weight is 325 g/mol. The molecule has 3 heteroatoms. The molecule has 0 radical (unpaired) electrons. The lowest BCUT2D eigenvalue weighted by atomic mass is 9.87. The standard InChI is InChI=1S/C21H27NO2/c1-15-8-6-7-9-18(15)19(24-5)14-22-20(23)16-10-12-17(13-11-16)21(2,3)4/h6-13,19H,14H2,1-5H3,(H,22,23). The van der Waals surface area contributed by atoms with Gasteiger partial charge in [-0.25, -0.2) is 0 Å². The van der Waals surface area contributed by atoms with Crippen molar-refractivity contribution in [2.24, 2.45) is 0 Å². The summed E-state index contributed by atoms with van der Waals surface area (Å²) in [5.41, 5.74) is 4.23. The molecule has 0 aliphatic carbocycles. The maximum Gasteiger partial charge on any atom is 0.251 e. The zero-order valence-electron chi connectivity index (χ0n) is 15.2. The molecule has 0 aliphatic heterocycles. The first-order chi connectivity index (χ1) is 11.3. The highest BCUT2D eigenvalue weighted by Crippen LogP contribution is 2.22. The number of hydrogen-bond acceptors (Lipinski definition) is 2. The van der Waals surface area contributed by atoms with Crippen molar-refractivity contribution in [3.8, 4) is 0 Å². The first-order valence-electron chi connectivity index (χ1n) is 8.30. The Hall–Kier alpha value is -2.13. The van der Waals surface area contributed by atoms with Crippen LogP contribution in [0.5, 0.6) is 0 Å². The largest absolute Gasteiger partial charge is 0.375 e. The van der Waals surface area contributed by atoms with E-state index in [1.165, 1.54) is 5.56 Å². The molecule has 2 rings (SSSR count). The Balaban J connectivity index is 2.03. The second kappa shape index (κ2) is 7.63. The minimum Gasteiger partial charge on any atom is -0.375 e. The lowest BCUT2D eigenvalue weighted by Gasteiger charge is -2.20. The summed E-state index contributed by atoms with van der Waals surface area (Å²) >= 11 is 0. The van der Waals surface area contributed by atoms with Crippen molar-refractivity contribution in [1.29, 1.82) is 0 Å². The Kier molecular flexibility index (Phi) is 5.79. The smallest absolute Gasteiger partial charge is 0.251 e. The predicted octanol–water partition coefficient (Wildman–Crippen LogP) is 4.41. The summed E-state index contributed by atoms with van der Waals surface area (Å²) < 4.78 is 5.55. The Bertz CT molecular complexity index is 684. The molecule has 24 heavy (non-hydrogen) atoms. The van der Waals surface area contributed by atoms with Gasteiger partial charge in [-0.05, 0) is 41.2 Å². The lowest BCUT2D eigenvalue weighted by molar-refractivity contribution is 0.0826. The summed E-state index contributed by atoms with van der Waals surface area (Å²) in [6.45, 7) is 8.98. The maximum atomic E-state index is 12.4. The third-order valence-electron chi connectivity index (χ3n) is 4.28. The molecule has 0 heterocycles. The van der Waals surface area contributed by atoms with Gasteiger partial charge in [0.15, 0.2) is 0 Å². The van der Waals surface area contributed by atoms with E-state index in [-0.39, 0.29) is 17.4 Å². The fourth-order valence-corrected chi connectivity index (χ4v) is 2.68. The summed E-state index contributed by atoms with van der Waals surface area (Å²) in [6.07, 6.45) is -0.149. The zero-order chi connectivity index (χ0) is 17.7. The number of rotatable bonds is 5. The number of ether oxygens (including phenoxy) is 1. The van der Waals surface area contributed by atoms with Gasteiger partial charge in [0.2, 0.25) is 0 Å². The van der Waals surface area contributed by atoms with Gasteiger partial charge in [0.05, 0.1) is 6.10 Å². The van der Waals surface area contributed by atoms with Crippen molar-refractivity contribution < 1.29 is 9.53 Å². The molecule has 2 aromatic carbocycles. The van der Waals surface area contributed by atoms with Gasteiger partial charge in [-0.3, -0.25) is 4.79 Å². The molecule has 0 saturated heterocycles. The van der Waals surface area contributed by atoms with Crippen LogP contribution in [0.2, 0.25) is 0 Å². The molecule has 2 aromatic rings. The van der Waals surface area contributed by atoms with E-state index in [0.717, 1.165) is 11.1 Å². The normalized spacial score (nSPS) is 12.7. The fourth-order valence-electron chi connectivity index (χ4n) is 2.68. The Morgan fingerprint density at radius 1 is 1.08 bits per heavy atom. The summed E-state index contributed by atoms with van der Waals surface area (Å²) in [5.74, 6) is -0.0777. The molecule has 1 atom stereocenters. The van der Waals surface area contributed by atoms with E-state index in [0.29, 0.717) is 12.1 Å². The molecule has 0 saturated carbocycles. The summed E-state index contributed by atoms with van der Waals surface area (Å²) in [7, 11) is 1.67. The molecule has 1 amide bonds. The van der Waals surface area contributed by atoms with Crippen molar-refractivity contribution in [3.63, 3.8) is 0 Å². The van der Waals surface area contributed by atoms with Gasteiger partial charge in [-0.2, -0.15) is 0 Å². The minimum atomic E-state index is -0.149. The number of benzene rings is 2. The molecular weight excluding hydrogens is 298 g/mol. The van der Waals surface area contributed by atoms with Crippen LogP contribution in [0, 0.1) is 6.92 Å². The molecule has 0 aliphatic rings. The first kappa shape index (κ1) is 18.2. The molecule has 1 unspecified atom stereocenters. The van der Waals surface area contributed by atoms with E-state index in [2.05, 4.69) is 26.1 Å². The third kappa shape index (κ3) is 4.45. The number of aryl methyl sites for hydroxylation is 1. The molecular formula is C21H27NO2. The van der Waals surface area contributed by atoms with E-state index in [1.54, 1.807) is 7.11 Å². The zero-order valence-corrected chi connectivity index (χ0v) is 15.2. The van der Waals surface area contributed by atoms with Gasteiger partial charge >= 0.3 is 0 Å². The average Bonchev–Trinajstić information content (AvgIpc) is 2.56. The number of carbonyl (C=O) groups is 1. The van der Waals surface area contributed by atoms with Gasteiger partial charge in [0, 0.05) is 19.2 Å². The number of amides is 1. The summed E-state index contributed by atoms with van der Waals surface area (Å²) in [5, 5.41) is 2.97. The van der Waals surface area contributed by atoms with Crippen LogP contribution in [0.3, 0.4) is 0 Å². The summed E-state index contributed by atoms with van der Waals surface area (Å²) in [4.78, 5) is 12.4. The SMILES string of the molecule is COC(CNC(=O)c1ccc(C(C)(C)C)cc1)c1ccccc1C. The Labute approximate surface area is 145 Å². The van der Waals surface area contributed by atoms with E-state index >= 15 is 0 Å². The highest BCUT2D eigenvalue weighted by atomic mass is 16.5. The van der Waals surface area contributed by atoms with Crippen LogP contribution in [-0.4, -0.2) is 19.6 Å². The third-order valence-corrected chi connectivity index (χ3v) is 4.28. The highest BCUT2D eigenvalue weighted by Gasteiger charge is 2.16. The number of nitrogens with one attached hydrogen (secondary N) is 1. The molecule has 0 aromatic heterocycles. The first-order valence-corrected chi connectivity index (χ1v) is 8.30. The van der Waals surface area contributed by atoms with Gasteiger partial charge < -0.3 is 10.1 Å². The second-order valence-corrected chi connectivity index (χ2v) is 7.12. The monoisotopic (exact) mass is 325 g/mol. The van der Waals surface area contributed by atoms with Crippen molar-refractivity contribution >= 4 is 5.91 Å². The van der Waals surface area contributed by atoms with Crippen molar-refractivity contribution in [2.45, 2.75) is 39.2 Å². The van der Waals surface area contributed by atoms with Crippen molar-refractivity contribution in [1.82, 2.24) is 5.32 Å². The van der Waals surface area contributed by atoms with E-state index in [9.17, 15) is 4.79 Å². The highest BCUT2D eigenvalue weighted by molar-refractivity contribution is 5.94. The van der Waals surface area contributed by atoms with Crippen LogP contribution in [0.15, 0.2) is 48.5 Å². The Morgan fingerprint density at radius 3 is 2.25 bits per heavy atom. The molecule has 3 nitrogen and oxygen atoms in total. The van der Waals surface area contributed by atoms with Gasteiger partial charge in [-0.1, -0.05) is 57.2 Å². The van der Waals surface area contributed by atoms with Crippen molar-refractivity contribution in [2.75, 3.05) is 13.7 Å². The molecule has 128 valence electrons. The molecule has 0 fully saturated rings. The van der Waals surface area contributed by atoms with E-state index in [1.807, 2.05) is 55.5 Å². The topological polar surface area (TPSA) is 38.3 Å². The van der Waals surface area contributed by atoms with Crippen molar-refractivity contribution in [3.05, 3.63) is 70.8 Å². The van der Waals surface area contributed by atoms with Gasteiger partial charge in [0.1, 0.15) is 0 Å². The van der Waals surface area contributed by atoms with Crippen LogP contribution in [0.4, 0.5) is 0 Å². The number of methoxy groups -OCH3 is 1. The predicted molar refractivity (Wildman–Crippen MR) is 98.4 cm³/mol.